The third kappa shape index (κ3) is 3.07. The zero-order valence-corrected chi connectivity index (χ0v) is 12.4. The van der Waals surface area contributed by atoms with Crippen LogP contribution in [0.1, 0.15) is 17.4 Å². The molecule has 0 saturated heterocycles. The molecule has 0 aliphatic rings. The highest BCUT2D eigenvalue weighted by atomic mass is 79.9. The van der Waals surface area contributed by atoms with Crippen LogP contribution in [0.3, 0.4) is 0 Å². The molecule has 90 valence electrons. The van der Waals surface area contributed by atoms with Crippen LogP contribution in [-0.2, 0) is 12.0 Å². The summed E-state index contributed by atoms with van der Waals surface area (Å²) in [4.78, 5) is 5.22. The van der Waals surface area contributed by atoms with Crippen LogP contribution in [0.2, 0.25) is 5.02 Å². The van der Waals surface area contributed by atoms with Crippen LogP contribution in [0.15, 0.2) is 34.4 Å². The smallest absolute Gasteiger partial charge is 0.0794 e. The van der Waals surface area contributed by atoms with Gasteiger partial charge in [-0.25, -0.2) is 0 Å². The van der Waals surface area contributed by atoms with Gasteiger partial charge in [0.15, 0.2) is 0 Å². The largest absolute Gasteiger partial charge is 0.321 e. The van der Waals surface area contributed by atoms with Crippen molar-refractivity contribution < 1.29 is 0 Å². The minimum absolute atomic E-state index is 0.482. The second-order valence-corrected chi connectivity index (χ2v) is 6.48. The number of benzene rings is 1. The van der Waals surface area contributed by atoms with Crippen LogP contribution < -0.4 is 5.73 Å². The lowest BCUT2D eigenvalue weighted by atomic mass is 9.89. The molecule has 2 rings (SSSR count). The van der Waals surface area contributed by atoms with Gasteiger partial charge in [0.25, 0.3) is 0 Å². The van der Waals surface area contributed by atoms with Crippen LogP contribution in [0.4, 0.5) is 0 Å². The molecular formula is C12H12BrClN2S. The standard InChI is InChI=1S/C12H12BrClN2S/c1-12(15,5-9-6-16-7-17-9)10-3-2-8(13)4-11(10)14/h2-4,6-7H,5,15H2,1H3. The molecule has 17 heavy (non-hydrogen) atoms. The normalized spacial score (nSPS) is 14.6. The van der Waals surface area contributed by atoms with Gasteiger partial charge < -0.3 is 5.73 Å². The Labute approximate surface area is 118 Å². The van der Waals surface area contributed by atoms with Crippen molar-refractivity contribution in [2.45, 2.75) is 18.9 Å². The van der Waals surface area contributed by atoms with Crippen LogP contribution in [0.25, 0.3) is 0 Å². The first-order chi connectivity index (χ1) is 7.99. The van der Waals surface area contributed by atoms with Crippen molar-refractivity contribution in [1.29, 1.82) is 0 Å². The van der Waals surface area contributed by atoms with Gasteiger partial charge >= 0.3 is 0 Å². The van der Waals surface area contributed by atoms with E-state index in [1.807, 2.05) is 36.8 Å². The summed E-state index contributed by atoms with van der Waals surface area (Å²) in [7, 11) is 0. The lowest BCUT2D eigenvalue weighted by molar-refractivity contribution is 0.495. The summed E-state index contributed by atoms with van der Waals surface area (Å²) in [6.07, 6.45) is 2.58. The molecule has 2 nitrogen and oxygen atoms in total. The third-order valence-electron chi connectivity index (χ3n) is 2.57. The molecule has 0 radical (unpaired) electrons. The molecule has 0 aliphatic heterocycles. The van der Waals surface area contributed by atoms with E-state index in [0.29, 0.717) is 5.02 Å². The summed E-state index contributed by atoms with van der Waals surface area (Å²) in [5.41, 5.74) is 8.65. The first-order valence-electron chi connectivity index (χ1n) is 5.11. The monoisotopic (exact) mass is 330 g/mol. The minimum atomic E-state index is -0.482. The third-order valence-corrected chi connectivity index (χ3v) is 4.16. The second-order valence-electron chi connectivity index (χ2n) is 4.19. The Morgan fingerprint density at radius 2 is 2.29 bits per heavy atom. The van der Waals surface area contributed by atoms with Gasteiger partial charge in [-0.2, -0.15) is 0 Å². The van der Waals surface area contributed by atoms with Gasteiger partial charge in [0, 0.05) is 32.5 Å². The Bertz CT molecular complexity index is 511. The number of halogens is 2. The molecule has 2 N–H and O–H groups in total. The second kappa shape index (κ2) is 5.06. The van der Waals surface area contributed by atoms with Gasteiger partial charge in [-0.3, -0.25) is 4.98 Å². The lowest BCUT2D eigenvalue weighted by Crippen LogP contribution is -2.35. The fourth-order valence-electron chi connectivity index (χ4n) is 1.74. The fourth-order valence-corrected chi connectivity index (χ4v) is 3.39. The van der Waals surface area contributed by atoms with E-state index in [1.165, 1.54) is 0 Å². The summed E-state index contributed by atoms with van der Waals surface area (Å²) >= 11 is 11.2. The van der Waals surface area contributed by atoms with E-state index in [1.54, 1.807) is 11.3 Å². The molecule has 1 aromatic heterocycles. The van der Waals surface area contributed by atoms with E-state index in [4.69, 9.17) is 17.3 Å². The highest BCUT2D eigenvalue weighted by Crippen LogP contribution is 2.31. The average Bonchev–Trinajstić information content (AvgIpc) is 2.68. The molecule has 0 fully saturated rings. The van der Waals surface area contributed by atoms with Crippen LogP contribution in [0.5, 0.6) is 0 Å². The van der Waals surface area contributed by atoms with Crippen molar-refractivity contribution in [1.82, 2.24) is 4.98 Å². The van der Waals surface area contributed by atoms with Crippen molar-refractivity contribution in [3.05, 3.63) is 49.8 Å². The number of thiazole rings is 1. The number of nitrogens with zero attached hydrogens (tertiary/aromatic N) is 1. The Hall–Kier alpha value is -0.420. The van der Waals surface area contributed by atoms with Crippen LogP contribution >= 0.6 is 38.9 Å². The predicted octanol–water partition coefficient (Wildman–Crippen LogP) is 3.98. The molecule has 0 aliphatic carbocycles. The van der Waals surface area contributed by atoms with Gasteiger partial charge in [-0.15, -0.1) is 11.3 Å². The SMILES string of the molecule is CC(N)(Cc1cncs1)c1ccc(Br)cc1Cl. The molecule has 5 heteroatoms. The Kier molecular flexibility index (Phi) is 3.88. The maximum Gasteiger partial charge on any atom is 0.0794 e. The first kappa shape index (κ1) is 13.0. The summed E-state index contributed by atoms with van der Waals surface area (Å²) in [5, 5.41) is 0.689. The topological polar surface area (TPSA) is 38.9 Å². The van der Waals surface area contributed by atoms with Crippen molar-refractivity contribution in [2.24, 2.45) is 5.73 Å². The number of nitrogens with two attached hydrogens (primary N) is 1. The van der Waals surface area contributed by atoms with E-state index >= 15 is 0 Å². The van der Waals surface area contributed by atoms with Gasteiger partial charge in [0.1, 0.15) is 0 Å². The van der Waals surface area contributed by atoms with Crippen LogP contribution in [0, 0.1) is 0 Å². The Morgan fingerprint density at radius 1 is 1.53 bits per heavy atom. The highest BCUT2D eigenvalue weighted by molar-refractivity contribution is 9.10. The quantitative estimate of drug-likeness (QED) is 0.924. The molecule has 0 amide bonds. The van der Waals surface area contributed by atoms with Gasteiger partial charge in [-0.05, 0) is 24.6 Å². The fraction of sp³-hybridized carbons (Fsp3) is 0.250. The van der Waals surface area contributed by atoms with E-state index in [2.05, 4.69) is 20.9 Å². The molecule has 2 aromatic rings. The van der Waals surface area contributed by atoms with E-state index in [0.717, 1.165) is 21.3 Å². The Balaban J connectivity index is 2.30. The maximum absolute atomic E-state index is 6.36. The lowest BCUT2D eigenvalue weighted by Gasteiger charge is -2.25. The van der Waals surface area contributed by atoms with Crippen LogP contribution in [-0.4, -0.2) is 4.98 Å². The molecule has 1 unspecified atom stereocenters. The summed E-state index contributed by atoms with van der Waals surface area (Å²) < 4.78 is 0.958. The number of hydrogen-bond donors (Lipinski definition) is 1. The predicted molar refractivity (Wildman–Crippen MR) is 76.5 cm³/mol. The minimum Gasteiger partial charge on any atom is -0.321 e. The summed E-state index contributed by atoms with van der Waals surface area (Å²) in [6, 6.07) is 5.79. The van der Waals surface area contributed by atoms with Crippen molar-refractivity contribution in [3.8, 4) is 0 Å². The Morgan fingerprint density at radius 3 is 2.88 bits per heavy atom. The van der Waals surface area contributed by atoms with Gasteiger partial charge in [0.05, 0.1) is 5.51 Å². The molecule has 0 saturated carbocycles. The van der Waals surface area contributed by atoms with E-state index < -0.39 is 5.54 Å². The van der Waals surface area contributed by atoms with Gasteiger partial charge in [-0.1, -0.05) is 33.6 Å². The molecule has 0 bridgehead atoms. The highest BCUT2D eigenvalue weighted by Gasteiger charge is 2.25. The first-order valence-corrected chi connectivity index (χ1v) is 7.16. The number of rotatable bonds is 3. The molecule has 1 heterocycles. The molecule has 1 atom stereocenters. The zero-order chi connectivity index (χ0) is 12.5. The number of aromatic nitrogens is 1. The van der Waals surface area contributed by atoms with Crippen molar-refractivity contribution >= 4 is 38.9 Å². The van der Waals surface area contributed by atoms with Crippen molar-refractivity contribution in [2.75, 3.05) is 0 Å². The van der Waals surface area contributed by atoms with Gasteiger partial charge in [0.2, 0.25) is 0 Å². The molecular weight excluding hydrogens is 320 g/mol. The van der Waals surface area contributed by atoms with E-state index in [-0.39, 0.29) is 0 Å². The zero-order valence-electron chi connectivity index (χ0n) is 9.28. The summed E-state index contributed by atoms with van der Waals surface area (Å²) in [6.45, 7) is 1.99. The summed E-state index contributed by atoms with van der Waals surface area (Å²) in [5.74, 6) is 0. The van der Waals surface area contributed by atoms with E-state index in [9.17, 15) is 0 Å². The molecule has 0 spiro atoms. The number of hydrogen-bond acceptors (Lipinski definition) is 3. The average molecular weight is 332 g/mol. The van der Waals surface area contributed by atoms with Crippen molar-refractivity contribution in [3.63, 3.8) is 0 Å². The molecule has 1 aromatic carbocycles. The maximum atomic E-state index is 6.36.